The Morgan fingerprint density at radius 1 is 1.39 bits per heavy atom. The average molecular weight is 268 g/mol. The molecule has 1 amide bonds. The molecule has 18 heavy (non-hydrogen) atoms. The van der Waals surface area contributed by atoms with Gasteiger partial charge in [0.05, 0.1) is 12.1 Å². The van der Waals surface area contributed by atoms with E-state index in [-0.39, 0.29) is 11.9 Å². The zero-order valence-electron chi connectivity index (χ0n) is 10.4. The van der Waals surface area contributed by atoms with Crippen LogP contribution in [0.3, 0.4) is 0 Å². The summed E-state index contributed by atoms with van der Waals surface area (Å²) in [5.41, 5.74) is 1.47. The fourth-order valence-corrected chi connectivity index (χ4v) is 2.63. The molecule has 0 aromatic heterocycles. The van der Waals surface area contributed by atoms with Gasteiger partial charge in [0.1, 0.15) is 0 Å². The number of carbonyl (C=O) groups is 1. The molecular weight excluding hydrogens is 250 g/mol. The minimum Gasteiger partial charge on any atom is -0.391 e. The van der Waals surface area contributed by atoms with Gasteiger partial charge in [-0.3, -0.25) is 4.79 Å². The maximum atomic E-state index is 12.1. The Morgan fingerprint density at radius 3 is 2.78 bits per heavy atom. The van der Waals surface area contributed by atoms with Gasteiger partial charge in [0.25, 0.3) is 5.91 Å². The lowest BCUT2D eigenvalue weighted by Gasteiger charge is -2.28. The molecule has 1 saturated carbocycles. The number of nitrogens with one attached hydrogen (secondary N) is 1. The molecule has 0 radical (unpaired) electrons. The molecule has 0 heterocycles. The molecular formula is C14H18ClNO2. The van der Waals surface area contributed by atoms with Crippen molar-refractivity contribution < 1.29 is 9.90 Å². The molecule has 2 N–H and O–H groups in total. The van der Waals surface area contributed by atoms with Crippen LogP contribution < -0.4 is 5.32 Å². The number of hydrogen-bond donors (Lipinski definition) is 2. The number of amides is 1. The molecule has 1 aromatic carbocycles. The third-order valence-electron chi connectivity index (χ3n) is 3.48. The summed E-state index contributed by atoms with van der Waals surface area (Å²) in [5, 5.41) is 13.4. The summed E-state index contributed by atoms with van der Waals surface area (Å²) in [6.45, 7) is 1.86. The van der Waals surface area contributed by atoms with E-state index in [4.69, 9.17) is 11.6 Å². The van der Waals surface area contributed by atoms with Crippen LogP contribution in [0.2, 0.25) is 5.02 Å². The number of aryl methyl sites for hydroxylation is 1. The molecule has 1 aromatic rings. The summed E-state index contributed by atoms with van der Waals surface area (Å²) in [6.07, 6.45) is 3.29. The summed E-state index contributed by atoms with van der Waals surface area (Å²) in [6, 6.07) is 5.08. The Hall–Kier alpha value is -1.06. The molecule has 0 aliphatic heterocycles. The first-order valence-corrected chi connectivity index (χ1v) is 6.71. The summed E-state index contributed by atoms with van der Waals surface area (Å²) in [4.78, 5) is 12.1. The molecule has 3 nitrogen and oxygen atoms in total. The third-order valence-corrected chi connectivity index (χ3v) is 3.71. The summed E-state index contributed by atoms with van der Waals surface area (Å²) >= 11 is 5.86. The number of aliphatic hydroxyl groups excluding tert-OH is 1. The lowest BCUT2D eigenvalue weighted by Crippen LogP contribution is -2.45. The molecule has 1 aliphatic rings. The zero-order chi connectivity index (χ0) is 13.1. The number of aliphatic hydroxyl groups is 1. The first-order chi connectivity index (χ1) is 8.58. The van der Waals surface area contributed by atoms with Crippen molar-refractivity contribution in [1.29, 1.82) is 0 Å². The largest absolute Gasteiger partial charge is 0.391 e. The van der Waals surface area contributed by atoms with E-state index in [1.807, 2.05) is 6.92 Å². The van der Waals surface area contributed by atoms with Gasteiger partial charge in [-0.1, -0.05) is 24.4 Å². The second-order valence-corrected chi connectivity index (χ2v) is 5.33. The summed E-state index contributed by atoms with van der Waals surface area (Å²) in [5.74, 6) is -0.130. The molecule has 2 atom stereocenters. The van der Waals surface area contributed by atoms with Crippen LogP contribution in [0.5, 0.6) is 0 Å². The smallest absolute Gasteiger partial charge is 0.251 e. The molecule has 98 valence electrons. The first kappa shape index (κ1) is 13.4. The molecule has 0 spiro atoms. The van der Waals surface area contributed by atoms with Crippen molar-refractivity contribution in [2.24, 2.45) is 0 Å². The topological polar surface area (TPSA) is 49.3 Å². The van der Waals surface area contributed by atoms with Crippen LogP contribution in [-0.4, -0.2) is 23.2 Å². The summed E-state index contributed by atoms with van der Waals surface area (Å²) in [7, 11) is 0. The number of halogens is 1. The molecule has 1 fully saturated rings. The van der Waals surface area contributed by atoms with Gasteiger partial charge >= 0.3 is 0 Å². The van der Waals surface area contributed by atoms with Gasteiger partial charge in [-0.15, -0.1) is 0 Å². The van der Waals surface area contributed by atoms with Crippen LogP contribution in [0.15, 0.2) is 18.2 Å². The van der Waals surface area contributed by atoms with Gasteiger partial charge in [-0.2, -0.15) is 0 Å². The van der Waals surface area contributed by atoms with Crippen molar-refractivity contribution in [3.63, 3.8) is 0 Å². The SMILES string of the molecule is Cc1cc(Cl)ccc1C(=O)N[C@@H]1CCCC[C@H]1O. The lowest BCUT2D eigenvalue weighted by molar-refractivity contribution is 0.0717. The van der Waals surface area contributed by atoms with E-state index in [1.165, 1.54) is 0 Å². The fourth-order valence-electron chi connectivity index (χ4n) is 2.41. The third kappa shape index (κ3) is 3.03. The highest BCUT2D eigenvalue weighted by Crippen LogP contribution is 2.20. The van der Waals surface area contributed by atoms with Gasteiger partial charge in [-0.25, -0.2) is 0 Å². The molecule has 0 unspecified atom stereocenters. The number of benzene rings is 1. The lowest BCUT2D eigenvalue weighted by atomic mass is 9.92. The predicted octanol–water partition coefficient (Wildman–Crippen LogP) is 2.68. The minimum atomic E-state index is -0.421. The maximum Gasteiger partial charge on any atom is 0.251 e. The minimum absolute atomic E-state index is 0.124. The van der Waals surface area contributed by atoms with Crippen LogP contribution in [-0.2, 0) is 0 Å². The van der Waals surface area contributed by atoms with Crippen molar-refractivity contribution in [3.8, 4) is 0 Å². The van der Waals surface area contributed by atoms with E-state index in [9.17, 15) is 9.90 Å². The Kier molecular flexibility index (Phi) is 4.25. The molecule has 2 rings (SSSR count). The predicted molar refractivity (Wildman–Crippen MR) is 71.9 cm³/mol. The number of rotatable bonds is 2. The van der Waals surface area contributed by atoms with Gasteiger partial charge in [0, 0.05) is 10.6 Å². The molecule has 0 saturated heterocycles. The van der Waals surface area contributed by atoms with Crippen LogP contribution in [0.1, 0.15) is 41.6 Å². The molecule has 4 heteroatoms. The van der Waals surface area contributed by atoms with Gasteiger partial charge in [-0.05, 0) is 43.5 Å². The second kappa shape index (κ2) is 5.72. The van der Waals surface area contributed by atoms with Crippen LogP contribution in [0.4, 0.5) is 0 Å². The Bertz CT molecular complexity index is 447. The number of hydrogen-bond acceptors (Lipinski definition) is 2. The quantitative estimate of drug-likeness (QED) is 0.866. The van der Waals surface area contributed by atoms with Crippen molar-refractivity contribution in [2.45, 2.75) is 44.8 Å². The normalized spacial score (nSPS) is 23.7. The average Bonchev–Trinajstić information content (AvgIpc) is 2.32. The van der Waals surface area contributed by atoms with Crippen molar-refractivity contribution in [3.05, 3.63) is 34.3 Å². The van der Waals surface area contributed by atoms with Crippen LogP contribution in [0.25, 0.3) is 0 Å². The Balaban J connectivity index is 2.07. The zero-order valence-corrected chi connectivity index (χ0v) is 11.2. The monoisotopic (exact) mass is 267 g/mol. The Morgan fingerprint density at radius 2 is 2.11 bits per heavy atom. The van der Waals surface area contributed by atoms with Crippen LogP contribution in [0, 0.1) is 6.92 Å². The van der Waals surface area contributed by atoms with E-state index in [2.05, 4.69) is 5.32 Å². The van der Waals surface area contributed by atoms with E-state index < -0.39 is 6.10 Å². The maximum absolute atomic E-state index is 12.1. The second-order valence-electron chi connectivity index (χ2n) is 4.89. The first-order valence-electron chi connectivity index (χ1n) is 6.33. The molecule has 0 bridgehead atoms. The Labute approximate surface area is 112 Å². The van der Waals surface area contributed by atoms with E-state index in [0.29, 0.717) is 10.6 Å². The van der Waals surface area contributed by atoms with E-state index in [0.717, 1.165) is 31.2 Å². The van der Waals surface area contributed by atoms with E-state index in [1.54, 1.807) is 18.2 Å². The van der Waals surface area contributed by atoms with Crippen molar-refractivity contribution >= 4 is 17.5 Å². The highest BCUT2D eigenvalue weighted by atomic mass is 35.5. The van der Waals surface area contributed by atoms with Gasteiger partial charge < -0.3 is 10.4 Å². The highest BCUT2D eigenvalue weighted by molar-refractivity contribution is 6.30. The van der Waals surface area contributed by atoms with Gasteiger partial charge in [0.2, 0.25) is 0 Å². The van der Waals surface area contributed by atoms with Crippen LogP contribution >= 0.6 is 11.6 Å². The summed E-state index contributed by atoms with van der Waals surface area (Å²) < 4.78 is 0. The van der Waals surface area contributed by atoms with Crippen molar-refractivity contribution in [2.75, 3.05) is 0 Å². The fraction of sp³-hybridized carbons (Fsp3) is 0.500. The van der Waals surface area contributed by atoms with Gasteiger partial charge in [0.15, 0.2) is 0 Å². The van der Waals surface area contributed by atoms with Crippen molar-refractivity contribution in [1.82, 2.24) is 5.32 Å². The molecule has 1 aliphatic carbocycles. The highest BCUT2D eigenvalue weighted by Gasteiger charge is 2.25. The standard InChI is InChI=1S/C14H18ClNO2/c1-9-8-10(15)6-7-11(9)14(18)16-12-4-2-3-5-13(12)17/h6-8,12-13,17H,2-5H2,1H3,(H,16,18)/t12-,13-/m1/s1. The van der Waals surface area contributed by atoms with E-state index >= 15 is 0 Å². The number of carbonyl (C=O) groups excluding carboxylic acids is 1.